The van der Waals surface area contributed by atoms with E-state index in [1.54, 1.807) is 0 Å². The lowest BCUT2D eigenvalue weighted by molar-refractivity contribution is 0.388. The first-order valence-electron chi connectivity index (χ1n) is 11.2. The van der Waals surface area contributed by atoms with Crippen LogP contribution in [0.3, 0.4) is 0 Å². The molecule has 1 aromatic heterocycles. The van der Waals surface area contributed by atoms with Crippen LogP contribution in [0.5, 0.6) is 0 Å². The summed E-state index contributed by atoms with van der Waals surface area (Å²) in [5, 5.41) is 3.98. The molecule has 32 heavy (non-hydrogen) atoms. The van der Waals surface area contributed by atoms with Gasteiger partial charge in [-0.15, -0.1) is 0 Å². The Hall–Kier alpha value is -3.40. The zero-order chi connectivity index (χ0) is 22.7. The summed E-state index contributed by atoms with van der Waals surface area (Å²) < 4.78 is 4.82. The van der Waals surface area contributed by atoms with Crippen molar-refractivity contribution in [2.75, 3.05) is 0 Å². The van der Waals surface area contributed by atoms with E-state index in [-0.39, 0.29) is 5.41 Å². The summed E-state index contributed by atoms with van der Waals surface area (Å²) in [6.45, 7) is 9.04. The van der Waals surface area contributed by atoms with Crippen molar-refractivity contribution >= 4 is 0 Å². The van der Waals surface area contributed by atoms with Gasteiger partial charge < -0.3 is 0 Å². The topological polar surface area (TPSA) is 58.9 Å². The maximum Gasteiger partial charge on any atom is 0.439 e. The van der Waals surface area contributed by atoms with E-state index in [1.165, 1.54) is 16.7 Å². The average molecular weight is 427 g/mol. The van der Waals surface area contributed by atoms with E-state index in [0.29, 0.717) is 11.7 Å². The van der Waals surface area contributed by atoms with Crippen molar-refractivity contribution in [3.63, 3.8) is 0 Å². The normalized spacial score (nSPS) is 13.3. The molecule has 0 amide bonds. The average Bonchev–Trinajstić information content (AvgIpc) is 3.25. The van der Waals surface area contributed by atoms with Gasteiger partial charge in [0.1, 0.15) is 0 Å². The molecule has 1 N–H and O–H groups in total. The van der Waals surface area contributed by atoms with Crippen LogP contribution in [0, 0.1) is 0 Å². The van der Waals surface area contributed by atoms with E-state index >= 15 is 0 Å². The molecular weight excluding hydrogens is 396 g/mol. The fourth-order valence-electron chi connectivity index (χ4n) is 4.27. The number of nitrogens with zero attached hydrogens (tertiary/aromatic N) is 1. The van der Waals surface area contributed by atoms with Gasteiger partial charge in [-0.05, 0) is 58.1 Å². The van der Waals surface area contributed by atoms with Crippen molar-refractivity contribution in [1.82, 2.24) is 10.1 Å². The third kappa shape index (κ3) is 4.45. The molecule has 0 saturated carbocycles. The summed E-state index contributed by atoms with van der Waals surface area (Å²) in [7, 11) is 0. The molecule has 1 atom stereocenters. The van der Waals surface area contributed by atoms with E-state index in [2.05, 4.69) is 92.4 Å². The highest BCUT2D eigenvalue weighted by atomic mass is 16.5. The van der Waals surface area contributed by atoms with Gasteiger partial charge >= 0.3 is 5.76 Å². The highest BCUT2D eigenvalue weighted by molar-refractivity contribution is 5.80. The summed E-state index contributed by atoms with van der Waals surface area (Å²) in [4.78, 5) is 14.4. The molecule has 4 heteroatoms. The van der Waals surface area contributed by atoms with Crippen LogP contribution in [-0.2, 0) is 11.8 Å². The summed E-state index contributed by atoms with van der Waals surface area (Å²) in [6, 6.07) is 25.5. The lowest BCUT2D eigenvalue weighted by Gasteiger charge is -2.30. The van der Waals surface area contributed by atoms with E-state index in [0.717, 1.165) is 29.5 Å². The van der Waals surface area contributed by atoms with Crippen molar-refractivity contribution in [2.24, 2.45) is 0 Å². The van der Waals surface area contributed by atoms with Gasteiger partial charge in [0, 0.05) is 5.56 Å². The molecule has 1 heterocycles. The molecule has 1 unspecified atom stereocenters. The molecule has 0 saturated heterocycles. The first-order valence-corrected chi connectivity index (χ1v) is 11.2. The van der Waals surface area contributed by atoms with Crippen LogP contribution in [0.25, 0.3) is 22.5 Å². The summed E-state index contributed by atoms with van der Waals surface area (Å²) in [5.41, 5.74) is 6.86. The van der Waals surface area contributed by atoms with Crippen molar-refractivity contribution in [2.45, 2.75) is 51.9 Å². The van der Waals surface area contributed by atoms with Gasteiger partial charge in [-0.1, -0.05) is 99.6 Å². The van der Waals surface area contributed by atoms with Crippen LogP contribution >= 0.6 is 0 Å². The van der Waals surface area contributed by atoms with Gasteiger partial charge in [0.25, 0.3) is 0 Å². The van der Waals surface area contributed by atoms with Gasteiger partial charge in [-0.2, -0.15) is 0 Å². The minimum absolute atomic E-state index is 0.00628. The number of benzene rings is 3. The first kappa shape index (κ1) is 21.8. The second kappa shape index (κ2) is 8.99. The molecule has 4 rings (SSSR count). The maximum absolute atomic E-state index is 11.7. The Morgan fingerprint density at radius 3 is 2.41 bits per heavy atom. The SMILES string of the molecule is CCC(C)(Cc1ccc(-c2ccccc2)c(-c2noc(=O)[nH]2)c1)c1cccc(C(C)C)c1. The van der Waals surface area contributed by atoms with Gasteiger partial charge in [-0.25, -0.2) is 4.79 Å². The standard InChI is InChI=1S/C28H30N2O2/c1-5-28(4,23-13-9-12-22(17-23)19(2)3)18-20-14-15-24(21-10-7-6-8-11-21)25(16-20)26-29-27(31)32-30-26/h6-17,19H,5,18H2,1-4H3,(H,29,30,31). The summed E-state index contributed by atoms with van der Waals surface area (Å²) in [6.07, 6.45) is 1.90. The Bertz CT molecular complexity index is 1250. The van der Waals surface area contributed by atoms with Crippen LogP contribution in [-0.4, -0.2) is 10.1 Å². The number of hydrogen-bond acceptors (Lipinski definition) is 3. The second-order valence-corrected chi connectivity index (χ2v) is 9.06. The number of hydrogen-bond donors (Lipinski definition) is 1. The molecule has 164 valence electrons. The Balaban J connectivity index is 1.77. The number of aromatic amines is 1. The Kier molecular flexibility index (Phi) is 6.13. The van der Waals surface area contributed by atoms with Crippen molar-refractivity contribution < 1.29 is 4.52 Å². The van der Waals surface area contributed by atoms with E-state index in [1.807, 2.05) is 18.2 Å². The Morgan fingerprint density at radius 2 is 1.75 bits per heavy atom. The fraction of sp³-hybridized carbons (Fsp3) is 0.286. The van der Waals surface area contributed by atoms with Gasteiger partial charge in [0.2, 0.25) is 0 Å². The smallest absolute Gasteiger partial charge is 0.296 e. The molecule has 0 radical (unpaired) electrons. The van der Waals surface area contributed by atoms with Gasteiger partial charge in [0.15, 0.2) is 5.82 Å². The van der Waals surface area contributed by atoms with Crippen LogP contribution in [0.15, 0.2) is 82.1 Å². The monoisotopic (exact) mass is 426 g/mol. The van der Waals surface area contributed by atoms with Crippen LogP contribution < -0.4 is 5.76 Å². The van der Waals surface area contributed by atoms with Crippen LogP contribution in [0.4, 0.5) is 0 Å². The van der Waals surface area contributed by atoms with Crippen molar-refractivity contribution in [3.05, 3.63) is 100 Å². The van der Waals surface area contributed by atoms with Crippen LogP contribution in [0.1, 0.15) is 56.7 Å². The zero-order valence-corrected chi connectivity index (χ0v) is 19.2. The minimum Gasteiger partial charge on any atom is -0.296 e. The quantitative estimate of drug-likeness (QED) is 0.356. The molecule has 3 aromatic carbocycles. The predicted molar refractivity (Wildman–Crippen MR) is 130 cm³/mol. The molecule has 0 aliphatic heterocycles. The molecule has 4 aromatic rings. The van der Waals surface area contributed by atoms with Crippen molar-refractivity contribution in [1.29, 1.82) is 0 Å². The van der Waals surface area contributed by atoms with Crippen LogP contribution in [0.2, 0.25) is 0 Å². The number of aromatic nitrogens is 2. The maximum atomic E-state index is 11.7. The molecular formula is C28H30N2O2. The van der Waals surface area contributed by atoms with E-state index in [4.69, 9.17) is 4.52 Å². The molecule has 0 aliphatic rings. The third-order valence-electron chi connectivity index (χ3n) is 6.49. The minimum atomic E-state index is -0.548. The highest BCUT2D eigenvalue weighted by Crippen LogP contribution is 2.36. The molecule has 0 aliphatic carbocycles. The first-order chi connectivity index (χ1) is 15.4. The fourth-order valence-corrected chi connectivity index (χ4v) is 4.27. The van der Waals surface area contributed by atoms with Crippen molar-refractivity contribution in [3.8, 4) is 22.5 Å². The Morgan fingerprint density at radius 1 is 0.969 bits per heavy atom. The molecule has 4 nitrogen and oxygen atoms in total. The zero-order valence-electron chi connectivity index (χ0n) is 19.2. The summed E-state index contributed by atoms with van der Waals surface area (Å²) in [5.74, 6) is 0.404. The highest BCUT2D eigenvalue weighted by Gasteiger charge is 2.26. The summed E-state index contributed by atoms with van der Waals surface area (Å²) >= 11 is 0. The lowest BCUT2D eigenvalue weighted by Crippen LogP contribution is -2.24. The second-order valence-electron chi connectivity index (χ2n) is 9.06. The van der Waals surface area contributed by atoms with E-state index < -0.39 is 5.76 Å². The lowest BCUT2D eigenvalue weighted by atomic mass is 9.74. The van der Waals surface area contributed by atoms with Gasteiger partial charge in [0.05, 0.1) is 0 Å². The molecule has 0 spiro atoms. The third-order valence-corrected chi connectivity index (χ3v) is 6.49. The number of nitrogens with one attached hydrogen (secondary N) is 1. The molecule has 0 fully saturated rings. The predicted octanol–water partition coefficient (Wildman–Crippen LogP) is 6.73. The van der Waals surface area contributed by atoms with E-state index in [9.17, 15) is 4.79 Å². The number of H-pyrrole nitrogens is 1. The van der Waals surface area contributed by atoms with Gasteiger partial charge in [-0.3, -0.25) is 9.51 Å². The molecule has 0 bridgehead atoms. The Labute approximate surface area is 189 Å². The number of rotatable bonds is 7. The largest absolute Gasteiger partial charge is 0.439 e.